The SMILES string of the molecule is CCCC/C=C/C/C=C/CCCCCCCC(=O)O[C@H](COC(=O)CCCCCCC/C=C/CCCCC)COP(=O)(O)OCC[N+](C)(C)C. The van der Waals surface area contributed by atoms with Gasteiger partial charge in [-0.05, 0) is 64.2 Å². The lowest BCUT2D eigenvalue weighted by Crippen LogP contribution is -2.37. The van der Waals surface area contributed by atoms with Crippen molar-refractivity contribution in [2.24, 2.45) is 0 Å². The molecule has 292 valence electrons. The molecule has 50 heavy (non-hydrogen) atoms. The molecule has 0 aliphatic carbocycles. The molecule has 0 rings (SSSR count). The predicted octanol–water partition coefficient (Wildman–Crippen LogP) is 10.6. The highest BCUT2D eigenvalue weighted by atomic mass is 31.2. The molecule has 0 fully saturated rings. The number of carbonyl (C=O) groups is 2. The Bertz CT molecular complexity index is 959. The first kappa shape index (κ1) is 48.2. The average Bonchev–Trinajstić information content (AvgIpc) is 3.06. The van der Waals surface area contributed by atoms with Crippen LogP contribution in [0.25, 0.3) is 0 Å². The second kappa shape index (κ2) is 33.1. The summed E-state index contributed by atoms with van der Waals surface area (Å²) in [7, 11) is 1.46. The fourth-order valence-electron chi connectivity index (χ4n) is 4.96. The van der Waals surface area contributed by atoms with Crippen molar-refractivity contribution in [3.8, 4) is 0 Å². The van der Waals surface area contributed by atoms with Gasteiger partial charge in [0.2, 0.25) is 0 Å². The van der Waals surface area contributed by atoms with Gasteiger partial charge in [0.15, 0.2) is 6.10 Å². The number of quaternary nitrogens is 1. The fourth-order valence-corrected chi connectivity index (χ4v) is 5.71. The number of phosphoric ester groups is 1. The van der Waals surface area contributed by atoms with E-state index in [-0.39, 0.29) is 32.0 Å². The van der Waals surface area contributed by atoms with Crippen LogP contribution in [-0.4, -0.2) is 74.9 Å². The van der Waals surface area contributed by atoms with Crippen LogP contribution in [0, 0.1) is 0 Å². The summed E-state index contributed by atoms with van der Waals surface area (Å²) < 4.78 is 34.1. The van der Waals surface area contributed by atoms with E-state index in [0.29, 0.717) is 17.4 Å². The minimum atomic E-state index is -4.37. The molecule has 10 heteroatoms. The van der Waals surface area contributed by atoms with Gasteiger partial charge >= 0.3 is 19.8 Å². The third kappa shape index (κ3) is 36.0. The molecule has 0 bridgehead atoms. The van der Waals surface area contributed by atoms with E-state index in [4.69, 9.17) is 18.5 Å². The molecule has 0 spiro atoms. The van der Waals surface area contributed by atoms with E-state index in [1.165, 1.54) is 38.5 Å². The number of hydrogen-bond acceptors (Lipinski definition) is 7. The maximum atomic E-state index is 12.6. The van der Waals surface area contributed by atoms with Crippen LogP contribution >= 0.6 is 7.82 Å². The van der Waals surface area contributed by atoms with Crippen molar-refractivity contribution in [3.63, 3.8) is 0 Å². The van der Waals surface area contributed by atoms with Crippen molar-refractivity contribution >= 4 is 19.8 Å². The van der Waals surface area contributed by atoms with Gasteiger partial charge in [-0.15, -0.1) is 0 Å². The molecule has 0 aromatic carbocycles. The number of nitrogens with zero attached hydrogens (tertiary/aromatic N) is 1. The van der Waals surface area contributed by atoms with Crippen LogP contribution in [-0.2, 0) is 32.7 Å². The monoisotopic (exact) mass is 729 g/mol. The van der Waals surface area contributed by atoms with Gasteiger partial charge in [-0.3, -0.25) is 18.6 Å². The summed E-state index contributed by atoms with van der Waals surface area (Å²) in [5.74, 6) is -0.829. The van der Waals surface area contributed by atoms with E-state index >= 15 is 0 Å². The Labute approximate surface area is 306 Å². The second-order valence-electron chi connectivity index (χ2n) is 14.3. The third-order valence-corrected chi connectivity index (χ3v) is 9.13. The number of unbranched alkanes of at least 4 members (excludes halogenated alkanes) is 15. The highest BCUT2D eigenvalue weighted by Gasteiger charge is 2.27. The summed E-state index contributed by atoms with van der Waals surface area (Å²) in [6.45, 7) is 4.31. The molecule has 0 saturated heterocycles. The molecule has 1 N–H and O–H groups in total. The zero-order valence-electron chi connectivity index (χ0n) is 32.6. The molecule has 0 radical (unpaired) electrons. The molecule has 9 nitrogen and oxygen atoms in total. The predicted molar refractivity (Wildman–Crippen MR) is 206 cm³/mol. The minimum absolute atomic E-state index is 0.0270. The first-order valence-corrected chi connectivity index (χ1v) is 21.2. The van der Waals surface area contributed by atoms with Crippen LogP contribution in [0.5, 0.6) is 0 Å². The zero-order valence-corrected chi connectivity index (χ0v) is 33.5. The largest absolute Gasteiger partial charge is 0.472 e. The number of hydrogen-bond donors (Lipinski definition) is 1. The lowest BCUT2D eigenvalue weighted by molar-refractivity contribution is -0.870. The van der Waals surface area contributed by atoms with Crippen molar-refractivity contribution < 1.29 is 42.1 Å². The number of ether oxygens (including phenoxy) is 2. The van der Waals surface area contributed by atoms with Gasteiger partial charge in [-0.2, -0.15) is 0 Å². The van der Waals surface area contributed by atoms with Gasteiger partial charge < -0.3 is 18.9 Å². The van der Waals surface area contributed by atoms with Crippen LogP contribution in [0.2, 0.25) is 0 Å². The van der Waals surface area contributed by atoms with Crippen LogP contribution in [0.1, 0.15) is 155 Å². The Morgan fingerprint density at radius 2 is 1.10 bits per heavy atom. The number of phosphoric acid groups is 1. The molecule has 0 heterocycles. The highest BCUT2D eigenvalue weighted by molar-refractivity contribution is 7.47. The first-order chi connectivity index (χ1) is 24.0. The van der Waals surface area contributed by atoms with E-state index in [1.54, 1.807) is 0 Å². The molecular weight excluding hydrogens is 653 g/mol. The highest BCUT2D eigenvalue weighted by Crippen LogP contribution is 2.43. The quantitative estimate of drug-likeness (QED) is 0.0226. The Morgan fingerprint density at radius 3 is 1.66 bits per heavy atom. The summed E-state index contributed by atoms with van der Waals surface area (Å²) in [4.78, 5) is 35.2. The van der Waals surface area contributed by atoms with Crippen molar-refractivity contribution in [1.29, 1.82) is 0 Å². The van der Waals surface area contributed by atoms with Crippen LogP contribution < -0.4 is 0 Å². The van der Waals surface area contributed by atoms with Crippen molar-refractivity contribution in [2.45, 2.75) is 161 Å². The van der Waals surface area contributed by atoms with E-state index in [9.17, 15) is 19.0 Å². The summed E-state index contributed by atoms with van der Waals surface area (Å²) >= 11 is 0. The van der Waals surface area contributed by atoms with E-state index < -0.39 is 26.5 Å². The molecule has 0 amide bonds. The maximum absolute atomic E-state index is 12.6. The number of esters is 2. The van der Waals surface area contributed by atoms with Gasteiger partial charge in [0.05, 0.1) is 27.7 Å². The van der Waals surface area contributed by atoms with Crippen molar-refractivity contribution in [3.05, 3.63) is 36.5 Å². The molecular formula is C40H75NO8P+. The van der Waals surface area contributed by atoms with Gasteiger partial charge in [0, 0.05) is 12.8 Å². The zero-order chi connectivity index (χ0) is 37.2. The van der Waals surface area contributed by atoms with Gasteiger partial charge in [-0.25, -0.2) is 4.57 Å². The maximum Gasteiger partial charge on any atom is 0.472 e. The number of carbonyl (C=O) groups excluding carboxylic acids is 2. The minimum Gasteiger partial charge on any atom is -0.462 e. The van der Waals surface area contributed by atoms with Gasteiger partial charge in [-0.1, -0.05) is 115 Å². The normalized spacial score (nSPS) is 14.1. The number of allylic oxidation sites excluding steroid dienone is 6. The Morgan fingerprint density at radius 1 is 0.620 bits per heavy atom. The van der Waals surface area contributed by atoms with Crippen LogP contribution in [0.15, 0.2) is 36.5 Å². The molecule has 0 aliphatic heterocycles. The van der Waals surface area contributed by atoms with Crippen molar-refractivity contribution in [2.75, 3.05) is 47.5 Å². The molecule has 0 aliphatic rings. The average molecular weight is 729 g/mol. The van der Waals surface area contributed by atoms with E-state index in [1.807, 2.05) is 21.1 Å². The standard InChI is InChI=1S/C40H74NO8P/c1-6-8-10-12-14-16-18-20-21-23-25-27-29-31-33-40(43)49-38(37-48-50(44,45)47-35-34-41(3,4)5)36-46-39(42)32-30-28-26-24-22-19-17-15-13-11-9-7-2/h12,14-15,17-18,20,38H,6-11,13,16,19,21-37H2,1-5H3/p+1/b14-12+,17-15+,20-18+/t38-/m1/s1. The van der Waals surface area contributed by atoms with Crippen LogP contribution in [0.4, 0.5) is 0 Å². The number of rotatable bonds is 35. The third-order valence-electron chi connectivity index (χ3n) is 8.14. The summed E-state index contributed by atoms with van der Waals surface area (Å²) in [5.41, 5.74) is 0. The molecule has 0 saturated carbocycles. The molecule has 2 atom stereocenters. The lowest BCUT2D eigenvalue weighted by Gasteiger charge is -2.24. The number of likely N-dealkylation sites (N-methyl/N-ethyl adjacent to an activating group) is 1. The molecule has 0 aromatic heterocycles. The Kier molecular flexibility index (Phi) is 31.9. The topological polar surface area (TPSA) is 108 Å². The summed E-state index contributed by atoms with van der Waals surface area (Å²) in [6.07, 6.45) is 34.7. The van der Waals surface area contributed by atoms with Gasteiger partial charge in [0.25, 0.3) is 0 Å². The molecule has 1 unspecified atom stereocenters. The lowest BCUT2D eigenvalue weighted by atomic mass is 10.1. The van der Waals surface area contributed by atoms with Gasteiger partial charge in [0.1, 0.15) is 19.8 Å². The second-order valence-corrected chi connectivity index (χ2v) is 15.8. The first-order valence-electron chi connectivity index (χ1n) is 19.7. The summed E-state index contributed by atoms with van der Waals surface area (Å²) in [5, 5.41) is 0. The van der Waals surface area contributed by atoms with E-state index in [0.717, 1.165) is 83.5 Å². The smallest absolute Gasteiger partial charge is 0.462 e. The summed E-state index contributed by atoms with van der Waals surface area (Å²) in [6, 6.07) is 0. The Balaban J connectivity index is 4.47. The van der Waals surface area contributed by atoms with Crippen molar-refractivity contribution in [1.82, 2.24) is 0 Å². The van der Waals surface area contributed by atoms with E-state index in [2.05, 4.69) is 50.3 Å². The molecule has 0 aromatic rings. The Hall–Kier alpha value is -1.77. The van der Waals surface area contributed by atoms with Crippen LogP contribution in [0.3, 0.4) is 0 Å². The fraction of sp³-hybridized carbons (Fsp3) is 0.800.